The van der Waals surface area contributed by atoms with Gasteiger partial charge in [0.15, 0.2) is 5.82 Å². The molecule has 0 bridgehead atoms. The van der Waals surface area contributed by atoms with Gasteiger partial charge < -0.3 is 20.3 Å². The molecule has 9 nitrogen and oxygen atoms in total. The molecule has 0 spiro atoms. The summed E-state index contributed by atoms with van der Waals surface area (Å²) in [4.78, 5) is 38.8. The molecule has 1 saturated heterocycles. The number of methoxy groups -OCH3 is 1. The van der Waals surface area contributed by atoms with E-state index >= 15 is 0 Å². The molecule has 0 unspecified atom stereocenters. The third-order valence-corrected chi connectivity index (χ3v) is 5.17. The third kappa shape index (κ3) is 5.03. The highest BCUT2D eigenvalue weighted by molar-refractivity contribution is 5.95. The number of hydrogen-bond acceptors (Lipinski definition) is 7. The van der Waals surface area contributed by atoms with Gasteiger partial charge in [0.1, 0.15) is 0 Å². The quantitative estimate of drug-likeness (QED) is 0.607. The molecule has 0 radical (unpaired) electrons. The maximum Gasteiger partial charge on any atom is 0.321 e. The molecule has 1 aliphatic heterocycles. The van der Waals surface area contributed by atoms with Crippen molar-refractivity contribution in [2.24, 2.45) is 0 Å². The van der Waals surface area contributed by atoms with Gasteiger partial charge in [-0.25, -0.2) is 0 Å². The molecule has 30 heavy (non-hydrogen) atoms. The molecular weight excluding hydrogens is 384 g/mol. The normalized spacial score (nSPS) is 15.9. The second kappa shape index (κ2) is 9.06. The first kappa shape index (κ1) is 20.1. The summed E-state index contributed by atoms with van der Waals surface area (Å²) < 4.78 is 5.21. The topological polar surface area (TPSA) is 109 Å². The first-order valence-electron chi connectivity index (χ1n) is 10.4. The Morgan fingerprint density at radius 1 is 1.20 bits per heavy atom. The molecule has 2 heterocycles. The number of ether oxygens (including phenoxy) is 1. The van der Waals surface area contributed by atoms with E-state index in [-0.39, 0.29) is 17.8 Å². The lowest BCUT2D eigenvalue weighted by Gasteiger charge is -2.15. The second-order valence-corrected chi connectivity index (χ2v) is 7.56. The van der Waals surface area contributed by atoms with Crippen molar-refractivity contribution >= 4 is 17.8 Å². The van der Waals surface area contributed by atoms with Crippen LogP contribution in [-0.2, 0) is 4.79 Å². The van der Waals surface area contributed by atoms with Crippen molar-refractivity contribution in [2.75, 3.05) is 32.1 Å². The first-order chi connectivity index (χ1) is 14.6. The monoisotopic (exact) mass is 410 g/mol. The Morgan fingerprint density at radius 2 is 2.00 bits per heavy atom. The van der Waals surface area contributed by atoms with E-state index in [0.717, 1.165) is 44.3 Å². The lowest BCUT2D eigenvalue weighted by Crippen LogP contribution is -2.27. The number of likely N-dealkylation sites (tertiary alicyclic amines) is 1. The summed E-state index contributed by atoms with van der Waals surface area (Å²) in [5.74, 6) is 1.05. The fourth-order valence-electron chi connectivity index (χ4n) is 3.33. The van der Waals surface area contributed by atoms with Gasteiger partial charge in [-0.2, -0.15) is 15.0 Å². The van der Waals surface area contributed by atoms with Crippen LogP contribution in [0.4, 0.5) is 5.95 Å². The molecule has 158 valence electrons. The van der Waals surface area contributed by atoms with Crippen LogP contribution in [0.1, 0.15) is 42.5 Å². The molecule has 2 amide bonds. The van der Waals surface area contributed by atoms with Crippen LogP contribution in [0.3, 0.4) is 0 Å². The minimum atomic E-state index is -0.0592. The summed E-state index contributed by atoms with van der Waals surface area (Å²) >= 11 is 0. The van der Waals surface area contributed by atoms with Gasteiger partial charge in [0.25, 0.3) is 5.91 Å². The summed E-state index contributed by atoms with van der Waals surface area (Å²) in [6.45, 7) is 2.21. The third-order valence-electron chi connectivity index (χ3n) is 5.17. The highest BCUT2D eigenvalue weighted by atomic mass is 16.5. The molecule has 4 rings (SSSR count). The average molecular weight is 410 g/mol. The lowest BCUT2D eigenvalue weighted by molar-refractivity contribution is -0.127. The molecule has 2 aromatic rings. The summed E-state index contributed by atoms with van der Waals surface area (Å²) in [6.07, 6.45) is 4.51. The molecule has 1 saturated carbocycles. The number of carbonyl (C=O) groups excluding carboxylic acids is 2. The van der Waals surface area contributed by atoms with E-state index in [1.165, 1.54) is 7.11 Å². The Morgan fingerprint density at radius 3 is 2.67 bits per heavy atom. The number of hydrogen-bond donors (Lipinski definition) is 2. The molecule has 2 fully saturated rings. The predicted molar refractivity (Wildman–Crippen MR) is 111 cm³/mol. The van der Waals surface area contributed by atoms with E-state index in [2.05, 4.69) is 25.6 Å². The van der Waals surface area contributed by atoms with Crippen LogP contribution in [0.15, 0.2) is 24.3 Å². The Hall–Kier alpha value is -3.23. The van der Waals surface area contributed by atoms with Crippen molar-refractivity contribution in [3.05, 3.63) is 29.8 Å². The van der Waals surface area contributed by atoms with Crippen LogP contribution in [0.5, 0.6) is 6.01 Å². The summed E-state index contributed by atoms with van der Waals surface area (Å²) in [6, 6.07) is 7.71. The zero-order valence-corrected chi connectivity index (χ0v) is 17.1. The number of nitrogens with one attached hydrogen (secondary N) is 2. The van der Waals surface area contributed by atoms with Gasteiger partial charge in [0.2, 0.25) is 11.9 Å². The van der Waals surface area contributed by atoms with Gasteiger partial charge >= 0.3 is 6.01 Å². The van der Waals surface area contributed by atoms with Crippen molar-refractivity contribution < 1.29 is 14.3 Å². The lowest BCUT2D eigenvalue weighted by atomic mass is 10.1. The van der Waals surface area contributed by atoms with E-state index in [0.29, 0.717) is 36.3 Å². The number of benzene rings is 1. The molecule has 1 aliphatic carbocycles. The molecule has 2 N–H and O–H groups in total. The predicted octanol–water partition coefficient (Wildman–Crippen LogP) is 1.86. The van der Waals surface area contributed by atoms with E-state index < -0.39 is 0 Å². The number of aromatic nitrogens is 3. The van der Waals surface area contributed by atoms with Crippen molar-refractivity contribution in [2.45, 2.75) is 38.1 Å². The van der Waals surface area contributed by atoms with Crippen LogP contribution in [0, 0.1) is 0 Å². The van der Waals surface area contributed by atoms with Gasteiger partial charge in [0, 0.05) is 43.2 Å². The molecule has 1 aromatic heterocycles. The largest absolute Gasteiger partial charge is 0.467 e. The Bertz CT molecular complexity index is 913. The van der Waals surface area contributed by atoms with Gasteiger partial charge in [-0.3, -0.25) is 9.59 Å². The first-order valence-corrected chi connectivity index (χ1v) is 10.4. The Balaban J connectivity index is 1.39. The van der Waals surface area contributed by atoms with Gasteiger partial charge in [0.05, 0.1) is 7.11 Å². The van der Waals surface area contributed by atoms with Crippen molar-refractivity contribution in [3.63, 3.8) is 0 Å². The smallest absolute Gasteiger partial charge is 0.321 e. The molecular formula is C21H26N6O3. The van der Waals surface area contributed by atoms with Gasteiger partial charge in [-0.05, 0) is 37.8 Å². The number of rotatable bonds is 9. The summed E-state index contributed by atoms with van der Waals surface area (Å²) in [5.41, 5.74) is 1.38. The zero-order chi connectivity index (χ0) is 20.9. The van der Waals surface area contributed by atoms with Crippen LogP contribution in [0.25, 0.3) is 11.4 Å². The number of carbonyl (C=O) groups is 2. The minimum Gasteiger partial charge on any atom is -0.467 e. The fourth-order valence-corrected chi connectivity index (χ4v) is 3.33. The average Bonchev–Trinajstić information content (AvgIpc) is 3.49. The standard InChI is InChI=1S/C21H26N6O3/c1-30-21-25-18(14-5-7-15(8-6-14)19(29)23-16-9-10-16)24-20(26-21)22-11-3-13-27-12-2-4-17(27)28/h5-8,16H,2-4,9-13H2,1H3,(H,23,29)(H,22,24,25,26). The maximum atomic E-state index is 12.2. The molecule has 9 heteroatoms. The van der Waals surface area contributed by atoms with E-state index in [1.807, 2.05) is 17.0 Å². The number of nitrogens with zero attached hydrogens (tertiary/aromatic N) is 4. The van der Waals surface area contributed by atoms with Crippen LogP contribution in [0.2, 0.25) is 0 Å². The second-order valence-electron chi connectivity index (χ2n) is 7.56. The van der Waals surface area contributed by atoms with Crippen molar-refractivity contribution in [1.82, 2.24) is 25.2 Å². The zero-order valence-electron chi connectivity index (χ0n) is 17.1. The SMILES string of the molecule is COc1nc(NCCCN2CCCC2=O)nc(-c2ccc(C(=O)NC3CC3)cc2)n1. The number of amides is 2. The maximum absolute atomic E-state index is 12.2. The minimum absolute atomic E-state index is 0.0592. The van der Waals surface area contributed by atoms with Crippen molar-refractivity contribution in [3.8, 4) is 17.4 Å². The highest BCUT2D eigenvalue weighted by Crippen LogP contribution is 2.22. The van der Waals surface area contributed by atoms with Crippen molar-refractivity contribution in [1.29, 1.82) is 0 Å². The van der Waals surface area contributed by atoms with Gasteiger partial charge in [-0.15, -0.1) is 0 Å². The molecule has 1 aromatic carbocycles. The van der Waals surface area contributed by atoms with Crippen LogP contribution in [-0.4, -0.2) is 64.5 Å². The van der Waals surface area contributed by atoms with E-state index in [1.54, 1.807) is 12.1 Å². The van der Waals surface area contributed by atoms with Crippen LogP contribution < -0.4 is 15.4 Å². The van der Waals surface area contributed by atoms with Crippen LogP contribution >= 0.6 is 0 Å². The molecule has 0 atom stereocenters. The highest BCUT2D eigenvalue weighted by Gasteiger charge is 2.23. The van der Waals surface area contributed by atoms with E-state index in [9.17, 15) is 9.59 Å². The Kier molecular flexibility index (Phi) is 6.06. The van der Waals surface area contributed by atoms with E-state index in [4.69, 9.17) is 4.74 Å². The summed E-state index contributed by atoms with van der Waals surface area (Å²) in [7, 11) is 1.51. The number of anilines is 1. The van der Waals surface area contributed by atoms with Gasteiger partial charge in [-0.1, -0.05) is 12.1 Å². The molecule has 2 aliphatic rings. The fraction of sp³-hybridized carbons (Fsp3) is 0.476. The summed E-state index contributed by atoms with van der Waals surface area (Å²) in [5, 5.41) is 6.16. The Labute approximate surface area is 175 Å².